The fraction of sp³-hybridized carbons (Fsp3) is 0.0526. The number of aromatic hydroxyl groups is 1. The van der Waals surface area contributed by atoms with E-state index in [0.29, 0.717) is 5.71 Å². The minimum absolute atomic E-state index is 0. The Kier molecular flexibility index (Phi) is 9.73. The third kappa shape index (κ3) is 6.66. The maximum atomic E-state index is 11.8. The van der Waals surface area contributed by atoms with E-state index in [4.69, 9.17) is 0 Å². The Morgan fingerprint density at radius 1 is 0.958 bits per heavy atom. The number of amides is 1. The smallest absolute Gasteiger partial charge is 0.507 e. The third-order valence-electron chi connectivity index (χ3n) is 3.11. The molecule has 2 fully saturated rings. The van der Waals surface area contributed by atoms with Crippen molar-refractivity contribution in [1.29, 1.82) is 0 Å². The first-order valence-electron chi connectivity index (χ1n) is 7.20. The first-order valence-corrected chi connectivity index (χ1v) is 7.20. The zero-order valence-corrected chi connectivity index (χ0v) is 14.3. The number of benzene rings is 1. The normalized spacial score (nSPS) is 17.6. The molecule has 5 heteroatoms. The number of hydrogen-bond donors (Lipinski definition) is 2. The number of hydrazone groups is 1. The van der Waals surface area contributed by atoms with E-state index in [1.165, 1.54) is 12.1 Å². The molecule has 1 amide bonds. The van der Waals surface area contributed by atoms with Gasteiger partial charge in [0, 0.05) is 11.6 Å². The molecule has 0 aliphatic heterocycles. The van der Waals surface area contributed by atoms with Crippen LogP contribution in [0.15, 0.2) is 29.4 Å². The van der Waals surface area contributed by atoms with E-state index >= 15 is 0 Å². The summed E-state index contributed by atoms with van der Waals surface area (Å²) < 4.78 is 0. The van der Waals surface area contributed by atoms with E-state index in [-0.39, 0.29) is 28.4 Å². The molecule has 0 aromatic heterocycles. The molecule has 0 atom stereocenters. The Labute approximate surface area is 155 Å². The van der Waals surface area contributed by atoms with Crippen LogP contribution in [0.2, 0.25) is 0 Å². The average Bonchev–Trinajstić information content (AvgIpc) is 3.28. The number of nitrogens with one attached hydrogen (secondary N) is 1. The Balaban J connectivity index is 0.000000412. The van der Waals surface area contributed by atoms with Gasteiger partial charge < -0.3 is 5.11 Å². The van der Waals surface area contributed by atoms with Gasteiger partial charge >= 0.3 is 17.1 Å². The molecule has 2 N–H and O–H groups in total. The number of hydrogen-bond acceptors (Lipinski definition) is 3. The summed E-state index contributed by atoms with van der Waals surface area (Å²) in [6.45, 7) is 1.81. The zero-order chi connectivity index (χ0) is 16.5. The molecule has 0 unspecified atom stereocenters. The number of nitrogens with zero attached hydrogens (tertiary/aromatic N) is 1. The van der Waals surface area contributed by atoms with Gasteiger partial charge in [0.25, 0.3) is 5.91 Å². The molecule has 2 aliphatic rings. The van der Waals surface area contributed by atoms with Gasteiger partial charge in [0.2, 0.25) is 0 Å². The quantitative estimate of drug-likeness (QED) is 0.494. The van der Waals surface area contributed by atoms with Gasteiger partial charge in [-0.15, -0.1) is 0 Å². The molecule has 10 radical (unpaired) electrons. The van der Waals surface area contributed by atoms with Crippen molar-refractivity contribution >= 4 is 11.6 Å². The van der Waals surface area contributed by atoms with Crippen LogP contribution in [0.3, 0.4) is 0 Å². The Morgan fingerprint density at radius 3 is 2.04 bits per heavy atom. The molecule has 3 rings (SSSR count). The van der Waals surface area contributed by atoms with Crippen LogP contribution in [0.5, 0.6) is 5.75 Å². The molecule has 1 aromatic carbocycles. The second kappa shape index (κ2) is 11.3. The minimum atomic E-state index is -0.431. The summed E-state index contributed by atoms with van der Waals surface area (Å²) in [4.78, 5) is 11.8. The third-order valence-corrected chi connectivity index (χ3v) is 3.11. The van der Waals surface area contributed by atoms with Crippen molar-refractivity contribution in [3.8, 4) is 5.75 Å². The summed E-state index contributed by atoms with van der Waals surface area (Å²) in [7, 11) is 0. The van der Waals surface area contributed by atoms with Crippen LogP contribution in [-0.4, -0.2) is 16.7 Å². The first-order chi connectivity index (χ1) is 11.2. The Morgan fingerprint density at radius 2 is 1.50 bits per heavy atom. The van der Waals surface area contributed by atoms with Crippen molar-refractivity contribution in [3.05, 3.63) is 93.5 Å². The van der Waals surface area contributed by atoms with E-state index in [1.807, 2.05) is 57.8 Å². The summed E-state index contributed by atoms with van der Waals surface area (Å²) >= 11 is 0. The Bertz CT molecular complexity index is 528. The molecule has 0 saturated heterocycles. The predicted molar refractivity (Wildman–Crippen MR) is 90.6 cm³/mol. The zero-order valence-electron chi connectivity index (χ0n) is 13.2. The van der Waals surface area contributed by atoms with Crippen molar-refractivity contribution in [3.63, 3.8) is 0 Å². The van der Waals surface area contributed by atoms with Crippen molar-refractivity contribution in [2.45, 2.75) is 6.92 Å². The van der Waals surface area contributed by atoms with Crippen molar-refractivity contribution in [2.24, 2.45) is 5.10 Å². The molecule has 0 spiro atoms. The van der Waals surface area contributed by atoms with E-state index in [0.717, 1.165) is 5.92 Å². The van der Waals surface area contributed by atoms with Crippen molar-refractivity contribution in [1.82, 2.24) is 5.43 Å². The molecular weight excluding hydrogens is 344 g/mol. The monoisotopic (exact) mass is 362 g/mol. The van der Waals surface area contributed by atoms with E-state index in [2.05, 4.69) is 10.5 Å². The molecule has 0 bridgehead atoms. The van der Waals surface area contributed by atoms with Crippen LogP contribution in [-0.2, 0) is 17.1 Å². The SMILES string of the molecule is C/C(=N\NC(=O)c1ccccc1O)[C]1[CH][CH][CH][CH]1.[CH]1[CH][CH][CH][CH]1.[Fe+2]. The number of carbonyl (C=O) groups excluding carboxylic acids is 1. The molecule has 122 valence electrons. The van der Waals surface area contributed by atoms with Crippen LogP contribution in [0.4, 0.5) is 0 Å². The van der Waals surface area contributed by atoms with Gasteiger partial charge in [-0.25, -0.2) is 5.43 Å². The topological polar surface area (TPSA) is 61.7 Å². The largest absolute Gasteiger partial charge is 2.00 e. The fourth-order valence-electron chi connectivity index (χ4n) is 1.86. The number of phenols is 1. The summed E-state index contributed by atoms with van der Waals surface area (Å²) in [6, 6.07) is 6.34. The van der Waals surface area contributed by atoms with Gasteiger partial charge in [-0.3, -0.25) is 4.79 Å². The van der Waals surface area contributed by atoms with Gasteiger partial charge in [0.1, 0.15) is 5.75 Å². The molecular formula is C19H18FeN2O2+2. The second-order valence-electron chi connectivity index (χ2n) is 4.79. The van der Waals surface area contributed by atoms with Gasteiger partial charge in [0.15, 0.2) is 0 Å². The number of para-hydroxylation sites is 1. The van der Waals surface area contributed by atoms with Gasteiger partial charge in [-0.1, -0.05) is 12.1 Å². The summed E-state index contributed by atoms with van der Waals surface area (Å²) in [5.41, 5.74) is 3.33. The summed E-state index contributed by atoms with van der Waals surface area (Å²) in [5, 5.41) is 13.5. The van der Waals surface area contributed by atoms with Crippen LogP contribution < -0.4 is 5.43 Å². The maximum absolute atomic E-state index is 11.8. The number of carbonyl (C=O) groups is 1. The van der Waals surface area contributed by atoms with Crippen LogP contribution >= 0.6 is 0 Å². The predicted octanol–water partition coefficient (Wildman–Crippen LogP) is 2.92. The molecule has 24 heavy (non-hydrogen) atoms. The van der Waals surface area contributed by atoms with Gasteiger partial charge in [0.05, 0.1) is 5.56 Å². The first kappa shape index (κ1) is 20.7. The standard InChI is InChI=1S/C14H13N2O2.C5H5.Fe/c1-10(11-6-2-3-7-11)15-16-14(18)12-8-4-5-9-13(12)17;1-2-4-5-3-1;/h2-9,17H,1H3,(H,16,18);1-5H;/q;;+2/b15-10+;;. The van der Waals surface area contributed by atoms with Gasteiger partial charge in [-0.05, 0) is 76.8 Å². The average molecular weight is 362 g/mol. The molecule has 0 heterocycles. The summed E-state index contributed by atoms with van der Waals surface area (Å²) in [5.74, 6) is 0.461. The van der Waals surface area contributed by atoms with Crippen LogP contribution in [0.1, 0.15) is 17.3 Å². The van der Waals surface area contributed by atoms with E-state index < -0.39 is 5.91 Å². The molecule has 2 aliphatic carbocycles. The van der Waals surface area contributed by atoms with E-state index in [9.17, 15) is 9.90 Å². The van der Waals surface area contributed by atoms with Gasteiger partial charge in [-0.2, -0.15) is 5.10 Å². The van der Waals surface area contributed by atoms with Crippen molar-refractivity contribution < 1.29 is 27.0 Å². The van der Waals surface area contributed by atoms with Crippen molar-refractivity contribution in [2.75, 3.05) is 0 Å². The molecule has 2 saturated carbocycles. The van der Waals surface area contributed by atoms with E-state index in [1.54, 1.807) is 19.1 Å². The molecule has 4 nitrogen and oxygen atoms in total. The minimum Gasteiger partial charge on any atom is -0.507 e. The second-order valence-corrected chi connectivity index (χ2v) is 4.79. The fourth-order valence-corrected chi connectivity index (χ4v) is 1.86. The Hall–Kier alpha value is -1.32. The number of rotatable bonds is 3. The van der Waals surface area contributed by atoms with Crippen LogP contribution in [0.25, 0.3) is 0 Å². The van der Waals surface area contributed by atoms with Crippen LogP contribution in [0, 0.1) is 63.7 Å². The maximum Gasteiger partial charge on any atom is 2.00 e. The number of phenolic OH excluding ortho intramolecular Hbond substituents is 1. The molecule has 1 aromatic rings. The summed E-state index contributed by atoms with van der Waals surface area (Å²) in [6.07, 6.45) is 17.6.